The van der Waals surface area contributed by atoms with Crippen LogP contribution < -0.4 is 5.32 Å². The van der Waals surface area contributed by atoms with Crippen molar-refractivity contribution < 1.29 is 9.59 Å². The van der Waals surface area contributed by atoms with Crippen LogP contribution in [0.25, 0.3) is 0 Å². The lowest BCUT2D eigenvalue weighted by Gasteiger charge is -2.32. The summed E-state index contributed by atoms with van der Waals surface area (Å²) in [6.45, 7) is 8.76. The van der Waals surface area contributed by atoms with Crippen LogP contribution in [0.2, 0.25) is 0 Å². The molecule has 114 valence electrons. The van der Waals surface area contributed by atoms with Crippen LogP contribution in [0.5, 0.6) is 0 Å². The van der Waals surface area contributed by atoms with Crippen LogP contribution >= 0.6 is 0 Å². The fourth-order valence-electron chi connectivity index (χ4n) is 2.43. The number of pyridine rings is 1. The zero-order valence-electron chi connectivity index (χ0n) is 13.1. The minimum atomic E-state index is -0.489. The fraction of sp³-hybridized carbons (Fsp3) is 0.562. The molecule has 0 aromatic carbocycles. The standard InChI is InChI=1S/C16H23N3O2/c1-11-6-5-8-17-12(11)10-19-9-7-13(20)18-14(15(19)21)16(2,3)4/h5-6,8,14H,7,9-10H2,1-4H3,(H,18,20). The lowest BCUT2D eigenvalue weighted by atomic mass is 9.86. The summed E-state index contributed by atoms with van der Waals surface area (Å²) in [5, 5.41) is 2.85. The van der Waals surface area contributed by atoms with Crippen molar-refractivity contribution in [3.8, 4) is 0 Å². The van der Waals surface area contributed by atoms with Crippen LogP contribution in [-0.4, -0.2) is 34.3 Å². The van der Waals surface area contributed by atoms with Crippen LogP contribution in [0.4, 0.5) is 0 Å². The lowest BCUT2D eigenvalue weighted by molar-refractivity contribution is -0.137. The number of aryl methyl sites for hydroxylation is 1. The number of carbonyl (C=O) groups excluding carboxylic acids is 2. The first-order chi connectivity index (χ1) is 9.79. The Labute approximate surface area is 125 Å². The first-order valence-corrected chi connectivity index (χ1v) is 7.27. The van der Waals surface area contributed by atoms with Crippen molar-refractivity contribution in [2.24, 2.45) is 5.41 Å². The van der Waals surface area contributed by atoms with E-state index in [0.717, 1.165) is 11.3 Å². The van der Waals surface area contributed by atoms with Crippen LogP contribution in [0, 0.1) is 12.3 Å². The molecule has 1 saturated heterocycles. The molecule has 5 heteroatoms. The smallest absolute Gasteiger partial charge is 0.246 e. The molecule has 1 aliphatic rings. The second-order valence-corrected chi connectivity index (χ2v) is 6.64. The van der Waals surface area contributed by atoms with E-state index in [1.54, 1.807) is 11.1 Å². The number of nitrogens with one attached hydrogen (secondary N) is 1. The second-order valence-electron chi connectivity index (χ2n) is 6.64. The molecule has 1 aromatic heterocycles. The van der Waals surface area contributed by atoms with Crippen LogP contribution in [-0.2, 0) is 16.1 Å². The summed E-state index contributed by atoms with van der Waals surface area (Å²) >= 11 is 0. The van der Waals surface area contributed by atoms with Gasteiger partial charge in [-0.25, -0.2) is 0 Å². The largest absolute Gasteiger partial charge is 0.344 e. The van der Waals surface area contributed by atoms with Crippen LogP contribution in [0.15, 0.2) is 18.3 Å². The quantitative estimate of drug-likeness (QED) is 0.900. The van der Waals surface area contributed by atoms with Gasteiger partial charge in [0.2, 0.25) is 11.8 Å². The van der Waals surface area contributed by atoms with Crippen molar-refractivity contribution >= 4 is 11.8 Å². The van der Waals surface area contributed by atoms with Gasteiger partial charge in [0.05, 0.1) is 12.2 Å². The van der Waals surface area contributed by atoms with Gasteiger partial charge in [0.1, 0.15) is 6.04 Å². The molecule has 5 nitrogen and oxygen atoms in total. The van der Waals surface area contributed by atoms with Gasteiger partial charge in [-0.3, -0.25) is 14.6 Å². The van der Waals surface area contributed by atoms with E-state index in [9.17, 15) is 9.59 Å². The molecule has 1 fully saturated rings. The molecule has 2 rings (SSSR count). The van der Waals surface area contributed by atoms with Gasteiger partial charge in [-0.1, -0.05) is 26.8 Å². The zero-order valence-corrected chi connectivity index (χ0v) is 13.1. The summed E-state index contributed by atoms with van der Waals surface area (Å²) in [6, 6.07) is 3.37. The molecular formula is C16H23N3O2. The minimum absolute atomic E-state index is 0.0293. The van der Waals surface area contributed by atoms with Crippen molar-refractivity contribution in [3.63, 3.8) is 0 Å². The van der Waals surface area contributed by atoms with E-state index in [1.807, 2.05) is 39.8 Å². The van der Waals surface area contributed by atoms with Crippen LogP contribution in [0.3, 0.4) is 0 Å². The Kier molecular flexibility index (Phi) is 4.30. The molecule has 0 aliphatic carbocycles. The van der Waals surface area contributed by atoms with Crippen molar-refractivity contribution in [2.75, 3.05) is 6.54 Å². The number of aromatic nitrogens is 1. The molecule has 1 aromatic rings. The van der Waals surface area contributed by atoms with Gasteiger partial charge < -0.3 is 10.2 Å². The summed E-state index contributed by atoms with van der Waals surface area (Å²) in [4.78, 5) is 30.7. The van der Waals surface area contributed by atoms with Gasteiger partial charge in [-0.15, -0.1) is 0 Å². The van der Waals surface area contributed by atoms with E-state index in [4.69, 9.17) is 0 Å². The summed E-state index contributed by atoms with van der Waals surface area (Å²) in [5.41, 5.74) is 1.63. The first kappa shape index (κ1) is 15.5. The van der Waals surface area contributed by atoms with E-state index < -0.39 is 6.04 Å². The summed E-state index contributed by atoms with van der Waals surface area (Å²) < 4.78 is 0. The number of hydrogen-bond donors (Lipinski definition) is 1. The van der Waals surface area contributed by atoms with E-state index >= 15 is 0 Å². The number of rotatable bonds is 2. The highest BCUT2D eigenvalue weighted by Crippen LogP contribution is 2.24. The average Bonchev–Trinajstić information content (AvgIpc) is 2.53. The Bertz CT molecular complexity index is 549. The number of amides is 2. The van der Waals surface area contributed by atoms with Crippen LogP contribution in [0.1, 0.15) is 38.4 Å². The van der Waals surface area contributed by atoms with Crippen molar-refractivity contribution in [1.82, 2.24) is 15.2 Å². The maximum absolute atomic E-state index is 12.7. The maximum Gasteiger partial charge on any atom is 0.246 e. The molecular weight excluding hydrogens is 266 g/mol. The molecule has 0 spiro atoms. The minimum Gasteiger partial charge on any atom is -0.344 e. The number of carbonyl (C=O) groups is 2. The Morgan fingerprint density at radius 2 is 2.10 bits per heavy atom. The Hall–Kier alpha value is -1.91. The highest BCUT2D eigenvalue weighted by atomic mass is 16.2. The average molecular weight is 289 g/mol. The fourth-order valence-corrected chi connectivity index (χ4v) is 2.43. The molecule has 1 N–H and O–H groups in total. The van der Waals surface area contributed by atoms with Crippen molar-refractivity contribution in [3.05, 3.63) is 29.6 Å². The summed E-state index contributed by atoms with van der Waals surface area (Å²) in [6.07, 6.45) is 2.07. The third-order valence-corrected chi connectivity index (χ3v) is 3.80. The molecule has 1 unspecified atom stereocenters. The van der Waals surface area contributed by atoms with Crippen molar-refractivity contribution in [2.45, 2.75) is 46.7 Å². The Balaban J connectivity index is 2.24. The zero-order chi connectivity index (χ0) is 15.6. The van der Waals surface area contributed by atoms with Crippen molar-refractivity contribution in [1.29, 1.82) is 0 Å². The van der Waals surface area contributed by atoms with Gasteiger partial charge in [0.15, 0.2) is 0 Å². The molecule has 21 heavy (non-hydrogen) atoms. The van der Waals surface area contributed by atoms with Gasteiger partial charge in [-0.2, -0.15) is 0 Å². The Morgan fingerprint density at radius 1 is 1.38 bits per heavy atom. The lowest BCUT2D eigenvalue weighted by Crippen LogP contribution is -2.51. The molecule has 0 bridgehead atoms. The molecule has 0 radical (unpaired) electrons. The molecule has 1 aliphatic heterocycles. The van der Waals surface area contributed by atoms with Gasteiger partial charge in [-0.05, 0) is 24.0 Å². The first-order valence-electron chi connectivity index (χ1n) is 7.27. The van der Waals surface area contributed by atoms with E-state index in [1.165, 1.54) is 0 Å². The highest BCUT2D eigenvalue weighted by Gasteiger charge is 2.37. The highest BCUT2D eigenvalue weighted by molar-refractivity contribution is 5.90. The normalized spacial score (nSPS) is 20.2. The molecule has 1 atom stereocenters. The van der Waals surface area contributed by atoms with Gasteiger partial charge in [0.25, 0.3) is 0 Å². The van der Waals surface area contributed by atoms with E-state index in [0.29, 0.717) is 19.5 Å². The third kappa shape index (κ3) is 3.60. The SMILES string of the molecule is Cc1cccnc1CN1CCC(=O)NC(C(C)(C)C)C1=O. The van der Waals surface area contributed by atoms with Gasteiger partial charge in [0, 0.05) is 19.2 Å². The number of nitrogens with zero attached hydrogens (tertiary/aromatic N) is 2. The Morgan fingerprint density at radius 3 is 2.71 bits per heavy atom. The monoisotopic (exact) mass is 289 g/mol. The molecule has 0 saturated carbocycles. The maximum atomic E-state index is 12.7. The number of hydrogen-bond acceptors (Lipinski definition) is 3. The van der Waals surface area contributed by atoms with E-state index in [-0.39, 0.29) is 17.2 Å². The summed E-state index contributed by atoms with van der Waals surface area (Å²) in [5.74, 6) is -0.0954. The second kappa shape index (κ2) is 5.84. The predicted molar refractivity (Wildman–Crippen MR) is 80.4 cm³/mol. The van der Waals surface area contributed by atoms with Gasteiger partial charge >= 0.3 is 0 Å². The molecule has 2 heterocycles. The van der Waals surface area contributed by atoms with E-state index in [2.05, 4.69) is 10.3 Å². The third-order valence-electron chi connectivity index (χ3n) is 3.80. The topological polar surface area (TPSA) is 62.3 Å². The molecule has 2 amide bonds. The predicted octanol–water partition coefficient (Wildman–Crippen LogP) is 1.65. The summed E-state index contributed by atoms with van der Waals surface area (Å²) in [7, 11) is 0.